The third-order valence-corrected chi connectivity index (χ3v) is 2.27. The van der Waals surface area contributed by atoms with Crippen LogP contribution in [0.1, 0.15) is 0 Å². The van der Waals surface area contributed by atoms with Crippen LogP contribution in [0.25, 0.3) is 11.2 Å². The number of thiol groups is 1. The van der Waals surface area contributed by atoms with Crippen LogP contribution in [-0.2, 0) is 0 Å². The molecule has 2 aromatic rings. The first-order chi connectivity index (χ1) is 5.68. The first kappa shape index (κ1) is 7.63. The van der Waals surface area contributed by atoms with Gasteiger partial charge in [-0.3, -0.25) is 0 Å². The van der Waals surface area contributed by atoms with Crippen molar-refractivity contribution in [3.63, 3.8) is 0 Å². The van der Waals surface area contributed by atoms with Crippen molar-refractivity contribution < 1.29 is 8.83 Å². The monoisotopic (exact) mass is 201 g/mol. The van der Waals surface area contributed by atoms with Crippen LogP contribution >= 0.6 is 24.8 Å². The lowest BCUT2D eigenvalue weighted by molar-refractivity contribution is 0.408. The number of aromatic amines is 1. The van der Waals surface area contributed by atoms with E-state index in [1.54, 1.807) is 0 Å². The summed E-state index contributed by atoms with van der Waals surface area (Å²) in [4.78, 5) is 13.7. The highest BCUT2D eigenvalue weighted by Gasteiger charge is 2.07. The van der Waals surface area contributed by atoms with Gasteiger partial charge in [-0.2, -0.15) is 0 Å². The molecule has 0 saturated carbocycles. The SMILES string of the molecule is O=c1oc2c[nH]c(=S)c(S)c2o1. The van der Waals surface area contributed by atoms with E-state index in [0.29, 0.717) is 15.1 Å². The molecule has 0 saturated heterocycles. The first-order valence-corrected chi connectivity index (χ1v) is 3.88. The molecule has 62 valence electrons. The molecule has 2 aromatic heterocycles. The van der Waals surface area contributed by atoms with E-state index in [-0.39, 0.29) is 5.58 Å². The summed E-state index contributed by atoms with van der Waals surface area (Å²) in [5, 5.41) is 0. The molecule has 0 aliphatic carbocycles. The number of nitrogens with one attached hydrogen (secondary N) is 1. The molecule has 0 unspecified atom stereocenters. The molecule has 0 aliphatic rings. The molecular formula is C6H3NO3S2. The van der Waals surface area contributed by atoms with Crippen LogP contribution in [0, 0.1) is 4.64 Å². The van der Waals surface area contributed by atoms with Gasteiger partial charge < -0.3 is 13.8 Å². The molecule has 0 aliphatic heterocycles. The van der Waals surface area contributed by atoms with E-state index < -0.39 is 5.82 Å². The van der Waals surface area contributed by atoms with Gasteiger partial charge in [-0.15, -0.1) is 12.6 Å². The zero-order valence-corrected chi connectivity index (χ0v) is 7.37. The molecule has 0 bridgehead atoms. The Labute approximate surface area is 76.6 Å². The van der Waals surface area contributed by atoms with Crippen molar-refractivity contribution in [3.05, 3.63) is 21.5 Å². The quantitative estimate of drug-likeness (QED) is 0.503. The second-order valence-corrected chi connectivity index (χ2v) is 2.97. The van der Waals surface area contributed by atoms with Gasteiger partial charge in [0.1, 0.15) is 4.64 Å². The van der Waals surface area contributed by atoms with Gasteiger partial charge in [0.05, 0.1) is 4.90 Å². The van der Waals surface area contributed by atoms with E-state index in [0.717, 1.165) is 0 Å². The third-order valence-electron chi connectivity index (χ3n) is 1.37. The van der Waals surface area contributed by atoms with Gasteiger partial charge in [0.25, 0.3) is 0 Å². The Balaban J connectivity index is 3.09. The standard InChI is InChI=1S/C6H3NO3S2/c8-6-9-2-1-7-5(12)4(11)3(2)10-6/h1,11H,(H,7,12). The van der Waals surface area contributed by atoms with Crippen molar-refractivity contribution in [2.24, 2.45) is 0 Å². The van der Waals surface area contributed by atoms with Crippen LogP contribution in [0.3, 0.4) is 0 Å². The van der Waals surface area contributed by atoms with Crippen LogP contribution in [0.5, 0.6) is 0 Å². The van der Waals surface area contributed by atoms with Gasteiger partial charge in [-0.1, -0.05) is 12.2 Å². The minimum Gasteiger partial charge on any atom is -0.389 e. The van der Waals surface area contributed by atoms with Gasteiger partial charge in [-0.25, -0.2) is 4.79 Å². The van der Waals surface area contributed by atoms with Crippen LogP contribution in [0.4, 0.5) is 0 Å². The summed E-state index contributed by atoms with van der Waals surface area (Å²) in [5.41, 5.74) is 0.602. The fraction of sp³-hybridized carbons (Fsp3) is 0. The summed E-state index contributed by atoms with van der Waals surface area (Å²) in [6.45, 7) is 0. The minimum atomic E-state index is -0.755. The molecular weight excluding hydrogens is 198 g/mol. The van der Waals surface area contributed by atoms with Crippen molar-refractivity contribution in [3.8, 4) is 0 Å². The minimum absolute atomic E-state index is 0.284. The number of pyridine rings is 1. The number of H-pyrrole nitrogens is 1. The van der Waals surface area contributed by atoms with Crippen LogP contribution in [0.2, 0.25) is 0 Å². The highest BCUT2D eigenvalue weighted by atomic mass is 32.1. The summed E-state index contributed by atoms with van der Waals surface area (Å²) in [7, 11) is 0. The zero-order valence-electron chi connectivity index (χ0n) is 5.66. The molecule has 4 nitrogen and oxygen atoms in total. The van der Waals surface area contributed by atoms with Gasteiger partial charge in [0.15, 0.2) is 11.2 Å². The maximum atomic E-state index is 10.6. The maximum absolute atomic E-state index is 10.6. The van der Waals surface area contributed by atoms with E-state index in [2.05, 4.69) is 22.0 Å². The lowest BCUT2D eigenvalue weighted by Gasteiger charge is -1.89. The van der Waals surface area contributed by atoms with E-state index in [4.69, 9.17) is 16.6 Å². The lowest BCUT2D eigenvalue weighted by Crippen LogP contribution is -1.84. The van der Waals surface area contributed by atoms with Crippen LogP contribution in [-0.4, -0.2) is 4.98 Å². The number of aromatic nitrogens is 1. The third kappa shape index (κ3) is 0.997. The molecule has 0 aromatic carbocycles. The Bertz CT molecular complexity index is 535. The van der Waals surface area contributed by atoms with E-state index in [9.17, 15) is 4.79 Å². The molecule has 0 fully saturated rings. The number of fused-ring (bicyclic) bond motifs is 1. The highest BCUT2D eigenvalue weighted by molar-refractivity contribution is 7.81. The molecule has 0 amide bonds. The summed E-state index contributed by atoms with van der Waals surface area (Å²) in [5.74, 6) is -0.755. The van der Waals surface area contributed by atoms with Gasteiger partial charge in [0, 0.05) is 6.20 Å². The predicted molar refractivity (Wildman–Crippen MR) is 47.2 cm³/mol. The molecule has 0 radical (unpaired) electrons. The highest BCUT2D eigenvalue weighted by Crippen LogP contribution is 2.19. The number of hydrogen-bond donors (Lipinski definition) is 2. The molecule has 0 spiro atoms. The van der Waals surface area contributed by atoms with E-state index in [1.165, 1.54) is 6.20 Å². The van der Waals surface area contributed by atoms with Crippen molar-refractivity contribution >= 4 is 36.0 Å². The van der Waals surface area contributed by atoms with Crippen molar-refractivity contribution in [2.75, 3.05) is 0 Å². The molecule has 12 heavy (non-hydrogen) atoms. The van der Waals surface area contributed by atoms with E-state index >= 15 is 0 Å². The molecule has 0 atom stereocenters. The summed E-state index contributed by atoms with van der Waals surface area (Å²) < 4.78 is 9.76. The normalized spacial score (nSPS) is 10.8. The average Bonchev–Trinajstić information content (AvgIpc) is 2.39. The fourth-order valence-corrected chi connectivity index (χ4v) is 1.23. The molecule has 1 N–H and O–H groups in total. The largest absolute Gasteiger partial charge is 0.519 e. The molecule has 2 heterocycles. The Morgan fingerprint density at radius 1 is 1.50 bits per heavy atom. The second kappa shape index (κ2) is 2.49. The Hall–Kier alpha value is -1.01. The van der Waals surface area contributed by atoms with Gasteiger partial charge in [0.2, 0.25) is 0 Å². The Morgan fingerprint density at radius 2 is 2.25 bits per heavy atom. The summed E-state index contributed by atoms with van der Waals surface area (Å²) in [6.07, 6.45) is 1.46. The lowest BCUT2D eigenvalue weighted by atomic mass is 10.4. The zero-order chi connectivity index (χ0) is 8.72. The van der Waals surface area contributed by atoms with Gasteiger partial charge >= 0.3 is 5.82 Å². The smallest absolute Gasteiger partial charge is 0.389 e. The second-order valence-electron chi connectivity index (χ2n) is 2.11. The van der Waals surface area contributed by atoms with Crippen molar-refractivity contribution in [1.82, 2.24) is 4.98 Å². The summed E-state index contributed by atoms with van der Waals surface area (Å²) in [6, 6.07) is 0. The Morgan fingerprint density at radius 3 is 3.00 bits per heavy atom. The van der Waals surface area contributed by atoms with E-state index in [1.807, 2.05) is 0 Å². The molecule has 2 rings (SSSR count). The van der Waals surface area contributed by atoms with Crippen LogP contribution < -0.4 is 5.82 Å². The van der Waals surface area contributed by atoms with Crippen molar-refractivity contribution in [1.29, 1.82) is 0 Å². The topological polar surface area (TPSA) is 59.1 Å². The predicted octanol–water partition coefficient (Wildman–Crippen LogP) is 1.73. The van der Waals surface area contributed by atoms with Crippen molar-refractivity contribution in [2.45, 2.75) is 4.90 Å². The molecule has 6 heteroatoms. The van der Waals surface area contributed by atoms with Gasteiger partial charge in [-0.05, 0) is 0 Å². The number of hydrogen-bond acceptors (Lipinski definition) is 5. The fourth-order valence-electron chi connectivity index (χ4n) is 0.853. The number of rotatable bonds is 0. The average molecular weight is 201 g/mol. The van der Waals surface area contributed by atoms with Crippen LogP contribution in [0.15, 0.2) is 24.7 Å². The summed E-state index contributed by atoms with van der Waals surface area (Å²) >= 11 is 8.90. The maximum Gasteiger partial charge on any atom is 0.519 e. The Kier molecular flexibility index (Phi) is 1.59. The first-order valence-electron chi connectivity index (χ1n) is 3.03.